The van der Waals surface area contributed by atoms with E-state index < -0.39 is 0 Å². The van der Waals surface area contributed by atoms with E-state index in [0.717, 1.165) is 44.3 Å². The van der Waals surface area contributed by atoms with Gasteiger partial charge >= 0.3 is 0 Å². The number of carbonyl (C=O) groups excluding carboxylic acids is 2. The van der Waals surface area contributed by atoms with Gasteiger partial charge in [0.05, 0.1) is 0 Å². The highest BCUT2D eigenvalue weighted by Crippen LogP contribution is 2.14. The van der Waals surface area contributed by atoms with Crippen LogP contribution >= 0.6 is 0 Å². The van der Waals surface area contributed by atoms with Gasteiger partial charge in [-0.1, -0.05) is 37.1 Å². The molecule has 2 amide bonds. The first kappa shape index (κ1) is 17.9. The number of rotatable bonds is 4. The third-order valence-electron chi connectivity index (χ3n) is 4.40. The van der Waals surface area contributed by atoms with Gasteiger partial charge in [-0.2, -0.15) is 0 Å². The second-order valence-corrected chi connectivity index (χ2v) is 6.37. The molecule has 1 N–H and O–H groups in total. The van der Waals surface area contributed by atoms with Crippen LogP contribution in [0.5, 0.6) is 0 Å². The molecule has 0 bridgehead atoms. The molecule has 134 valence electrons. The summed E-state index contributed by atoms with van der Waals surface area (Å²) in [5.41, 5.74) is 1.58. The van der Waals surface area contributed by atoms with E-state index in [9.17, 15) is 9.59 Å². The largest absolute Gasteiger partial charge is 0.337 e. The van der Waals surface area contributed by atoms with E-state index in [-0.39, 0.29) is 17.5 Å². The van der Waals surface area contributed by atoms with E-state index in [1.165, 1.54) is 0 Å². The van der Waals surface area contributed by atoms with Crippen molar-refractivity contribution in [1.82, 2.24) is 15.2 Å². The number of pyridine rings is 1. The van der Waals surface area contributed by atoms with Crippen LogP contribution < -0.4 is 5.32 Å². The van der Waals surface area contributed by atoms with Crippen molar-refractivity contribution < 1.29 is 9.59 Å². The van der Waals surface area contributed by atoms with Crippen LogP contribution in [0.15, 0.2) is 60.6 Å². The maximum Gasteiger partial charge on any atom is 0.270 e. The molecule has 1 aromatic carbocycles. The summed E-state index contributed by atoms with van der Waals surface area (Å²) in [5.74, 6) is -0.427. The van der Waals surface area contributed by atoms with E-state index in [1.807, 2.05) is 17.0 Å². The Morgan fingerprint density at radius 2 is 1.69 bits per heavy atom. The fourth-order valence-electron chi connectivity index (χ4n) is 3.01. The van der Waals surface area contributed by atoms with E-state index in [1.54, 1.807) is 48.8 Å². The maximum atomic E-state index is 13.0. The Morgan fingerprint density at radius 3 is 2.35 bits per heavy atom. The van der Waals surface area contributed by atoms with Gasteiger partial charge in [0.2, 0.25) is 0 Å². The number of benzene rings is 1. The summed E-state index contributed by atoms with van der Waals surface area (Å²) in [4.78, 5) is 31.5. The molecule has 0 spiro atoms. The molecule has 2 heterocycles. The molecule has 5 nitrogen and oxygen atoms in total. The van der Waals surface area contributed by atoms with Crippen LogP contribution in [-0.4, -0.2) is 34.8 Å². The Bertz CT molecular complexity index is 764. The van der Waals surface area contributed by atoms with Crippen molar-refractivity contribution >= 4 is 17.9 Å². The SMILES string of the molecule is O=C(NC(=Cc1cccnc1)C(=O)N1CCCCCC1)c1ccccc1. The van der Waals surface area contributed by atoms with Gasteiger partial charge in [-0.15, -0.1) is 0 Å². The highest BCUT2D eigenvalue weighted by atomic mass is 16.2. The minimum absolute atomic E-state index is 0.139. The van der Waals surface area contributed by atoms with Gasteiger partial charge in [0.15, 0.2) is 0 Å². The standard InChI is InChI=1S/C21H23N3O2/c25-20(18-10-4-3-5-11-18)23-19(15-17-9-8-12-22-16-17)21(26)24-13-6-1-2-7-14-24/h3-5,8-12,15-16H,1-2,6-7,13-14H2,(H,23,25). The van der Waals surface area contributed by atoms with E-state index in [4.69, 9.17) is 0 Å². The van der Waals surface area contributed by atoms with Crippen LogP contribution in [0, 0.1) is 0 Å². The lowest BCUT2D eigenvalue weighted by Crippen LogP contribution is -2.39. The highest BCUT2D eigenvalue weighted by Gasteiger charge is 2.21. The molecule has 1 fully saturated rings. The predicted molar refractivity (Wildman–Crippen MR) is 101 cm³/mol. The van der Waals surface area contributed by atoms with Gasteiger partial charge in [-0.3, -0.25) is 14.6 Å². The molecule has 0 atom stereocenters. The minimum Gasteiger partial charge on any atom is -0.337 e. The van der Waals surface area contributed by atoms with Gasteiger partial charge in [-0.25, -0.2) is 0 Å². The van der Waals surface area contributed by atoms with Gasteiger partial charge < -0.3 is 10.2 Å². The molecular formula is C21H23N3O2. The molecule has 0 radical (unpaired) electrons. The average molecular weight is 349 g/mol. The smallest absolute Gasteiger partial charge is 0.270 e. The second-order valence-electron chi connectivity index (χ2n) is 6.37. The zero-order valence-corrected chi connectivity index (χ0v) is 14.7. The molecule has 1 aliphatic heterocycles. The third-order valence-corrected chi connectivity index (χ3v) is 4.40. The molecule has 0 unspecified atom stereocenters. The number of nitrogens with zero attached hydrogens (tertiary/aromatic N) is 2. The van der Waals surface area contributed by atoms with Crippen molar-refractivity contribution in [3.8, 4) is 0 Å². The normalized spacial score (nSPS) is 15.2. The summed E-state index contributed by atoms with van der Waals surface area (Å²) in [5, 5.41) is 2.80. The zero-order chi connectivity index (χ0) is 18.2. The van der Waals surface area contributed by atoms with Gasteiger partial charge in [-0.05, 0) is 42.7 Å². The van der Waals surface area contributed by atoms with E-state index >= 15 is 0 Å². The molecule has 0 saturated carbocycles. The summed E-state index contributed by atoms with van der Waals surface area (Å²) in [6, 6.07) is 12.6. The molecule has 1 saturated heterocycles. The lowest BCUT2D eigenvalue weighted by molar-refractivity contribution is -0.127. The Balaban J connectivity index is 1.85. The number of aromatic nitrogens is 1. The lowest BCUT2D eigenvalue weighted by Gasteiger charge is -2.22. The molecule has 5 heteroatoms. The quantitative estimate of drug-likeness (QED) is 0.862. The molecule has 26 heavy (non-hydrogen) atoms. The number of carbonyl (C=O) groups is 2. The molecule has 1 aliphatic rings. The molecular weight excluding hydrogens is 326 g/mol. The number of hydrogen-bond acceptors (Lipinski definition) is 3. The number of nitrogens with one attached hydrogen (secondary N) is 1. The fraction of sp³-hybridized carbons (Fsp3) is 0.286. The number of amides is 2. The lowest BCUT2D eigenvalue weighted by atomic mass is 10.2. The number of hydrogen-bond donors (Lipinski definition) is 1. The van der Waals surface area contributed by atoms with Crippen LogP contribution in [-0.2, 0) is 4.79 Å². The van der Waals surface area contributed by atoms with E-state index in [0.29, 0.717) is 5.56 Å². The average Bonchev–Trinajstić information content (AvgIpc) is 2.98. The summed E-state index contributed by atoms with van der Waals surface area (Å²) in [6.07, 6.45) is 9.32. The van der Waals surface area contributed by atoms with Crippen molar-refractivity contribution in [3.05, 3.63) is 71.7 Å². The van der Waals surface area contributed by atoms with Crippen LogP contribution in [0.3, 0.4) is 0 Å². The maximum absolute atomic E-state index is 13.0. The first-order chi connectivity index (χ1) is 12.7. The summed E-state index contributed by atoms with van der Waals surface area (Å²) in [6.45, 7) is 1.45. The summed E-state index contributed by atoms with van der Waals surface area (Å²) in [7, 11) is 0. The molecule has 2 aromatic rings. The number of likely N-dealkylation sites (tertiary alicyclic amines) is 1. The predicted octanol–water partition coefficient (Wildman–Crippen LogP) is 3.26. The van der Waals surface area contributed by atoms with Crippen LogP contribution in [0.1, 0.15) is 41.6 Å². The Morgan fingerprint density at radius 1 is 0.962 bits per heavy atom. The molecule has 1 aromatic heterocycles. The third kappa shape index (κ3) is 4.79. The van der Waals surface area contributed by atoms with E-state index in [2.05, 4.69) is 10.3 Å². The van der Waals surface area contributed by atoms with Crippen molar-refractivity contribution in [2.75, 3.05) is 13.1 Å². The van der Waals surface area contributed by atoms with Crippen molar-refractivity contribution in [1.29, 1.82) is 0 Å². The van der Waals surface area contributed by atoms with Crippen LogP contribution in [0.2, 0.25) is 0 Å². The van der Waals surface area contributed by atoms with Gasteiger partial charge in [0, 0.05) is 31.0 Å². The first-order valence-electron chi connectivity index (χ1n) is 9.01. The summed E-state index contributed by atoms with van der Waals surface area (Å²) < 4.78 is 0. The first-order valence-corrected chi connectivity index (χ1v) is 9.01. The zero-order valence-electron chi connectivity index (χ0n) is 14.7. The molecule has 0 aliphatic carbocycles. The van der Waals surface area contributed by atoms with Crippen LogP contribution in [0.4, 0.5) is 0 Å². The van der Waals surface area contributed by atoms with Crippen molar-refractivity contribution in [3.63, 3.8) is 0 Å². The van der Waals surface area contributed by atoms with Gasteiger partial charge in [0.1, 0.15) is 5.70 Å². The second kappa shape index (κ2) is 8.94. The Kier molecular flexibility index (Phi) is 6.14. The van der Waals surface area contributed by atoms with Gasteiger partial charge in [0.25, 0.3) is 11.8 Å². The van der Waals surface area contributed by atoms with Crippen LogP contribution in [0.25, 0.3) is 6.08 Å². The minimum atomic E-state index is -0.288. The summed E-state index contributed by atoms with van der Waals surface area (Å²) >= 11 is 0. The monoisotopic (exact) mass is 349 g/mol. The topological polar surface area (TPSA) is 62.3 Å². The highest BCUT2D eigenvalue weighted by molar-refractivity contribution is 6.05. The van der Waals surface area contributed by atoms with Crippen molar-refractivity contribution in [2.45, 2.75) is 25.7 Å². The Labute approximate surface area is 153 Å². The Hall–Kier alpha value is -2.95. The fourth-order valence-corrected chi connectivity index (χ4v) is 3.01. The van der Waals surface area contributed by atoms with Crippen molar-refractivity contribution in [2.24, 2.45) is 0 Å². The molecule has 3 rings (SSSR count).